The molecule has 0 saturated carbocycles. The van der Waals surface area contributed by atoms with Crippen molar-refractivity contribution in [1.29, 1.82) is 0 Å². The number of benzene rings is 1. The van der Waals surface area contributed by atoms with Crippen molar-refractivity contribution in [3.05, 3.63) is 22.7 Å². The van der Waals surface area contributed by atoms with E-state index in [0.717, 1.165) is 0 Å². The first-order chi connectivity index (χ1) is 8.28. The molecule has 0 aliphatic heterocycles. The fourth-order valence-electron chi connectivity index (χ4n) is 1.82. The van der Waals surface area contributed by atoms with Crippen LogP contribution in [0.2, 0.25) is 5.02 Å². The summed E-state index contributed by atoms with van der Waals surface area (Å²) in [6, 6.07) is 3.40. The van der Waals surface area contributed by atoms with E-state index < -0.39 is 6.10 Å². The quantitative estimate of drug-likeness (QED) is 0.905. The van der Waals surface area contributed by atoms with E-state index in [1.54, 1.807) is 26.4 Å². The van der Waals surface area contributed by atoms with Gasteiger partial charge in [0.15, 0.2) is 11.5 Å². The Morgan fingerprint density at radius 2 is 1.67 bits per heavy atom. The van der Waals surface area contributed by atoms with Gasteiger partial charge < -0.3 is 14.6 Å². The van der Waals surface area contributed by atoms with E-state index in [9.17, 15) is 5.11 Å². The summed E-state index contributed by atoms with van der Waals surface area (Å²) in [5.74, 6) is 1.14. The highest BCUT2D eigenvalue weighted by molar-refractivity contribution is 6.31. The second-order valence-electron chi connectivity index (χ2n) is 5.51. The summed E-state index contributed by atoms with van der Waals surface area (Å²) >= 11 is 6.17. The van der Waals surface area contributed by atoms with Crippen LogP contribution in [0, 0.1) is 5.41 Å². The van der Waals surface area contributed by atoms with Crippen LogP contribution in [0.15, 0.2) is 12.1 Å². The Kier molecular flexibility index (Phi) is 4.88. The second kappa shape index (κ2) is 5.81. The zero-order valence-electron chi connectivity index (χ0n) is 11.6. The number of rotatable bonds is 4. The maximum Gasteiger partial charge on any atom is 0.162 e. The molecule has 0 aromatic heterocycles. The van der Waals surface area contributed by atoms with Crippen LogP contribution in [0.5, 0.6) is 11.5 Å². The summed E-state index contributed by atoms with van der Waals surface area (Å²) in [6.07, 6.45) is 0.0136. The van der Waals surface area contributed by atoms with E-state index in [4.69, 9.17) is 21.1 Å². The third kappa shape index (κ3) is 3.79. The van der Waals surface area contributed by atoms with Crippen molar-refractivity contribution in [3.8, 4) is 11.5 Å². The molecule has 0 saturated heterocycles. The van der Waals surface area contributed by atoms with Crippen molar-refractivity contribution >= 4 is 11.6 Å². The van der Waals surface area contributed by atoms with Gasteiger partial charge >= 0.3 is 0 Å². The number of aliphatic hydroxyl groups excluding tert-OH is 1. The maximum atomic E-state index is 10.2. The summed E-state index contributed by atoms with van der Waals surface area (Å²) < 4.78 is 10.4. The number of halogens is 1. The molecule has 1 aromatic rings. The zero-order valence-corrected chi connectivity index (χ0v) is 12.3. The second-order valence-corrected chi connectivity index (χ2v) is 5.92. The van der Waals surface area contributed by atoms with Crippen LogP contribution in [-0.2, 0) is 0 Å². The zero-order chi connectivity index (χ0) is 13.9. The van der Waals surface area contributed by atoms with Crippen LogP contribution in [0.1, 0.15) is 38.9 Å². The lowest BCUT2D eigenvalue weighted by Crippen LogP contribution is -2.12. The van der Waals surface area contributed by atoms with Gasteiger partial charge in [-0.25, -0.2) is 0 Å². The van der Waals surface area contributed by atoms with Gasteiger partial charge in [-0.15, -0.1) is 0 Å². The molecule has 1 rings (SSSR count). The minimum absolute atomic E-state index is 0.0237. The molecule has 0 heterocycles. The largest absolute Gasteiger partial charge is 0.493 e. The molecule has 3 nitrogen and oxygen atoms in total. The van der Waals surface area contributed by atoms with Gasteiger partial charge in [-0.1, -0.05) is 32.4 Å². The Morgan fingerprint density at radius 3 is 2.11 bits per heavy atom. The smallest absolute Gasteiger partial charge is 0.162 e. The van der Waals surface area contributed by atoms with Gasteiger partial charge in [0.2, 0.25) is 0 Å². The molecule has 0 bridgehead atoms. The lowest BCUT2D eigenvalue weighted by Gasteiger charge is -2.23. The molecular formula is C14H21ClO3. The monoisotopic (exact) mass is 272 g/mol. The van der Waals surface area contributed by atoms with Crippen molar-refractivity contribution in [1.82, 2.24) is 0 Å². The SMILES string of the molecule is COc1cc(Cl)c(C(O)CC(C)(C)C)cc1OC. The third-order valence-corrected chi connectivity index (χ3v) is 2.99. The minimum Gasteiger partial charge on any atom is -0.493 e. The van der Waals surface area contributed by atoms with Gasteiger partial charge in [0.1, 0.15) is 0 Å². The van der Waals surface area contributed by atoms with E-state index in [2.05, 4.69) is 20.8 Å². The highest BCUT2D eigenvalue weighted by atomic mass is 35.5. The molecular weight excluding hydrogens is 252 g/mol. The Balaban J connectivity index is 3.09. The lowest BCUT2D eigenvalue weighted by molar-refractivity contribution is 0.122. The number of hydrogen-bond acceptors (Lipinski definition) is 3. The Hall–Kier alpha value is -0.930. The summed E-state index contributed by atoms with van der Waals surface area (Å²) in [6.45, 7) is 6.22. The van der Waals surface area contributed by atoms with Crippen LogP contribution in [-0.4, -0.2) is 19.3 Å². The maximum absolute atomic E-state index is 10.2. The van der Waals surface area contributed by atoms with Gasteiger partial charge in [0, 0.05) is 11.6 Å². The van der Waals surface area contributed by atoms with Gasteiger partial charge in [-0.2, -0.15) is 0 Å². The fraction of sp³-hybridized carbons (Fsp3) is 0.571. The standard InChI is InChI=1S/C14H21ClO3/c1-14(2,3)8-11(16)9-6-12(17-4)13(18-5)7-10(9)15/h6-7,11,16H,8H2,1-5H3. The average molecular weight is 273 g/mol. The van der Waals surface area contributed by atoms with E-state index in [-0.39, 0.29) is 5.41 Å². The molecule has 0 aliphatic rings. The molecule has 1 N–H and O–H groups in total. The third-order valence-electron chi connectivity index (χ3n) is 2.67. The van der Waals surface area contributed by atoms with Gasteiger partial charge in [0.05, 0.1) is 25.3 Å². The Morgan fingerprint density at radius 1 is 1.17 bits per heavy atom. The molecule has 0 spiro atoms. The summed E-state index contributed by atoms with van der Waals surface area (Å²) in [4.78, 5) is 0. The van der Waals surface area contributed by atoms with Crippen LogP contribution < -0.4 is 9.47 Å². The van der Waals surface area contributed by atoms with Crippen LogP contribution in [0.25, 0.3) is 0 Å². The highest BCUT2D eigenvalue weighted by Gasteiger charge is 2.22. The van der Waals surface area contributed by atoms with E-state index in [1.165, 1.54) is 0 Å². The van der Waals surface area contributed by atoms with Crippen LogP contribution in [0.4, 0.5) is 0 Å². The first-order valence-corrected chi connectivity index (χ1v) is 6.26. The predicted octanol–water partition coefficient (Wildman–Crippen LogP) is 3.83. The molecule has 4 heteroatoms. The number of ether oxygens (including phenoxy) is 2. The summed E-state index contributed by atoms with van der Waals surface area (Å²) in [7, 11) is 3.12. The molecule has 1 atom stereocenters. The van der Waals surface area contributed by atoms with Crippen molar-refractivity contribution in [2.24, 2.45) is 5.41 Å². The molecule has 1 unspecified atom stereocenters. The molecule has 0 radical (unpaired) electrons. The number of hydrogen-bond donors (Lipinski definition) is 1. The predicted molar refractivity (Wildman–Crippen MR) is 73.6 cm³/mol. The average Bonchev–Trinajstić information content (AvgIpc) is 2.26. The molecule has 102 valence electrons. The fourth-order valence-corrected chi connectivity index (χ4v) is 2.09. The van der Waals surface area contributed by atoms with Crippen LogP contribution >= 0.6 is 11.6 Å². The van der Waals surface area contributed by atoms with Crippen molar-refractivity contribution in [3.63, 3.8) is 0 Å². The molecule has 18 heavy (non-hydrogen) atoms. The van der Waals surface area contributed by atoms with Gasteiger partial charge in [0.25, 0.3) is 0 Å². The van der Waals surface area contributed by atoms with E-state index >= 15 is 0 Å². The van der Waals surface area contributed by atoms with Gasteiger partial charge in [-0.3, -0.25) is 0 Å². The molecule has 0 aliphatic carbocycles. The summed E-state index contributed by atoms with van der Waals surface area (Å²) in [5.41, 5.74) is 0.694. The number of aliphatic hydroxyl groups is 1. The lowest BCUT2D eigenvalue weighted by atomic mass is 9.87. The topological polar surface area (TPSA) is 38.7 Å². The first kappa shape index (κ1) is 15.1. The number of methoxy groups -OCH3 is 2. The highest BCUT2D eigenvalue weighted by Crippen LogP contribution is 2.39. The molecule has 1 aromatic carbocycles. The Bertz CT molecular complexity index is 410. The minimum atomic E-state index is -0.614. The van der Waals surface area contributed by atoms with Crippen molar-refractivity contribution in [2.75, 3.05) is 14.2 Å². The van der Waals surface area contributed by atoms with Crippen molar-refractivity contribution in [2.45, 2.75) is 33.3 Å². The molecule has 0 fully saturated rings. The van der Waals surface area contributed by atoms with Crippen LogP contribution in [0.3, 0.4) is 0 Å². The first-order valence-electron chi connectivity index (χ1n) is 5.88. The molecule has 0 amide bonds. The van der Waals surface area contributed by atoms with Crippen molar-refractivity contribution < 1.29 is 14.6 Å². The summed E-state index contributed by atoms with van der Waals surface area (Å²) in [5, 5.41) is 10.7. The normalized spacial score (nSPS) is 13.3. The van der Waals surface area contributed by atoms with Gasteiger partial charge in [-0.05, 0) is 17.9 Å². The van der Waals surface area contributed by atoms with E-state index in [0.29, 0.717) is 28.5 Å². The Labute approximate surface area is 114 Å². The van der Waals surface area contributed by atoms with E-state index in [1.807, 2.05) is 0 Å².